The molecule has 18 heavy (non-hydrogen) atoms. The van der Waals surface area contributed by atoms with Crippen molar-refractivity contribution in [1.29, 1.82) is 0 Å². The molecule has 0 unspecified atom stereocenters. The normalized spacial score (nSPS) is 15.7. The Kier molecular flexibility index (Phi) is 4.22. The van der Waals surface area contributed by atoms with Gasteiger partial charge < -0.3 is 10.6 Å². The van der Waals surface area contributed by atoms with E-state index < -0.39 is 0 Å². The van der Waals surface area contributed by atoms with Crippen LogP contribution in [0.2, 0.25) is 0 Å². The number of aryl methyl sites for hydroxylation is 1. The van der Waals surface area contributed by atoms with Gasteiger partial charge in [-0.15, -0.1) is 0 Å². The van der Waals surface area contributed by atoms with Gasteiger partial charge in [-0.2, -0.15) is 0 Å². The van der Waals surface area contributed by atoms with Gasteiger partial charge in [0.05, 0.1) is 4.47 Å². The second-order valence-electron chi connectivity index (χ2n) is 4.66. The number of benzene rings is 1. The van der Waals surface area contributed by atoms with Crippen LogP contribution in [-0.4, -0.2) is 12.1 Å². The second-order valence-corrected chi connectivity index (χ2v) is 5.52. The first-order valence-corrected chi connectivity index (χ1v) is 6.88. The average Bonchev–Trinajstić information content (AvgIpc) is 2.78. The van der Waals surface area contributed by atoms with Crippen LogP contribution < -0.4 is 10.6 Å². The Balaban J connectivity index is 2.00. The Morgan fingerprint density at radius 3 is 2.72 bits per heavy atom. The third kappa shape index (κ3) is 3.22. The molecule has 0 spiro atoms. The summed E-state index contributed by atoms with van der Waals surface area (Å²) in [6.45, 7) is 1.83. The van der Waals surface area contributed by atoms with Crippen molar-refractivity contribution in [2.75, 3.05) is 5.32 Å². The molecule has 0 radical (unpaired) electrons. The Morgan fingerprint density at radius 2 is 2.06 bits per heavy atom. The molecule has 0 aliphatic heterocycles. The number of carbonyl (C=O) groups excluding carboxylic acids is 1. The Bertz CT molecular complexity index is 459. The zero-order chi connectivity index (χ0) is 13.1. The van der Waals surface area contributed by atoms with Gasteiger partial charge in [0.1, 0.15) is 5.82 Å². The van der Waals surface area contributed by atoms with E-state index in [9.17, 15) is 9.18 Å². The summed E-state index contributed by atoms with van der Waals surface area (Å²) in [5, 5.41) is 5.60. The van der Waals surface area contributed by atoms with Crippen molar-refractivity contribution >= 4 is 27.6 Å². The van der Waals surface area contributed by atoms with Gasteiger partial charge in [0.2, 0.25) is 0 Å². The summed E-state index contributed by atoms with van der Waals surface area (Å²) in [6, 6.07) is 2.98. The molecule has 5 heteroatoms. The second kappa shape index (κ2) is 5.69. The topological polar surface area (TPSA) is 41.1 Å². The van der Waals surface area contributed by atoms with Crippen molar-refractivity contribution in [3.05, 3.63) is 28.0 Å². The van der Waals surface area contributed by atoms with E-state index in [0.717, 1.165) is 31.2 Å². The zero-order valence-electron chi connectivity index (χ0n) is 10.2. The number of carbonyl (C=O) groups is 1. The number of rotatable bonds is 2. The van der Waals surface area contributed by atoms with Crippen molar-refractivity contribution in [3.63, 3.8) is 0 Å². The third-order valence-corrected chi connectivity index (χ3v) is 3.81. The molecule has 2 rings (SSSR count). The fourth-order valence-electron chi connectivity index (χ4n) is 2.19. The van der Waals surface area contributed by atoms with E-state index in [4.69, 9.17) is 0 Å². The first kappa shape index (κ1) is 13.3. The first-order chi connectivity index (χ1) is 8.56. The van der Waals surface area contributed by atoms with Crippen LogP contribution in [0.3, 0.4) is 0 Å². The predicted molar refractivity (Wildman–Crippen MR) is 73.2 cm³/mol. The minimum Gasteiger partial charge on any atom is -0.335 e. The van der Waals surface area contributed by atoms with Crippen molar-refractivity contribution in [2.24, 2.45) is 0 Å². The van der Waals surface area contributed by atoms with Gasteiger partial charge in [-0.05, 0) is 53.4 Å². The Labute approximate surface area is 114 Å². The number of urea groups is 1. The standard InChI is InChI=1S/C13H16BrFN2O/c1-8-6-10(14)11(15)7-12(8)17-13(18)16-9-4-2-3-5-9/h6-7,9H,2-5H2,1H3,(H2,16,17,18). The van der Waals surface area contributed by atoms with Crippen LogP contribution in [0.1, 0.15) is 31.2 Å². The molecule has 1 aliphatic rings. The lowest BCUT2D eigenvalue weighted by molar-refractivity contribution is 0.248. The van der Waals surface area contributed by atoms with Crippen LogP contribution in [0.25, 0.3) is 0 Å². The highest BCUT2D eigenvalue weighted by Crippen LogP contribution is 2.24. The molecular formula is C13H16BrFN2O. The van der Waals surface area contributed by atoms with Crippen LogP contribution in [0.4, 0.5) is 14.9 Å². The van der Waals surface area contributed by atoms with Crippen LogP contribution in [-0.2, 0) is 0 Å². The molecule has 1 saturated carbocycles. The molecular weight excluding hydrogens is 299 g/mol. The molecule has 1 aromatic rings. The summed E-state index contributed by atoms with van der Waals surface area (Å²) in [5.41, 5.74) is 1.33. The largest absolute Gasteiger partial charge is 0.335 e. The predicted octanol–water partition coefficient (Wildman–Crippen LogP) is 3.96. The maximum Gasteiger partial charge on any atom is 0.319 e. The molecule has 0 aromatic heterocycles. The number of nitrogens with one attached hydrogen (secondary N) is 2. The minimum absolute atomic E-state index is 0.255. The lowest BCUT2D eigenvalue weighted by Gasteiger charge is -2.14. The summed E-state index contributed by atoms with van der Waals surface area (Å²) in [4.78, 5) is 11.8. The average molecular weight is 315 g/mol. The number of hydrogen-bond donors (Lipinski definition) is 2. The SMILES string of the molecule is Cc1cc(Br)c(F)cc1NC(=O)NC1CCCC1. The molecule has 0 bridgehead atoms. The van der Waals surface area contributed by atoms with Crippen LogP contribution in [0.15, 0.2) is 16.6 Å². The quantitative estimate of drug-likeness (QED) is 0.852. The molecule has 3 nitrogen and oxygen atoms in total. The van der Waals surface area contributed by atoms with Crippen molar-refractivity contribution in [1.82, 2.24) is 5.32 Å². The fourth-order valence-corrected chi connectivity index (χ4v) is 2.65. The van der Waals surface area contributed by atoms with E-state index >= 15 is 0 Å². The van der Waals surface area contributed by atoms with Crippen molar-refractivity contribution < 1.29 is 9.18 Å². The highest BCUT2D eigenvalue weighted by Gasteiger charge is 2.17. The van der Waals surface area contributed by atoms with Crippen molar-refractivity contribution in [3.8, 4) is 0 Å². The van der Waals surface area contributed by atoms with Gasteiger partial charge in [0.25, 0.3) is 0 Å². The molecule has 0 atom stereocenters. The Morgan fingerprint density at radius 1 is 1.39 bits per heavy atom. The van der Waals surface area contributed by atoms with Gasteiger partial charge in [-0.25, -0.2) is 9.18 Å². The molecule has 2 N–H and O–H groups in total. The third-order valence-electron chi connectivity index (χ3n) is 3.21. The zero-order valence-corrected chi connectivity index (χ0v) is 11.8. The van der Waals surface area contributed by atoms with Crippen molar-refractivity contribution in [2.45, 2.75) is 38.6 Å². The number of hydrogen-bond acceptors (Lipinski definition) is 1. The van der Waals surface area contributed by atoms with Gasteiger partial charge in [0, 0.05) is 11.7 Å². The van der Waals surface area contributed by atoms with E-state index in [2.05, 4.69) is 26.6 Å². The number of anilines is 1. The highest BCUT2D eigenvalue weighted by atomic mass is 79.9. The molecule has 1 aromatic carbocycles. The fraction of sp³-hybridized carbons (Fsp3) is 0.462. The van der Waals surface area contributed by atoms with Gasteiger partial charge >= 0.3 is 6.03 Å². The maximum absolute atomic E-state index is 13.4. The lowest BCUT2D eigenvalue weighted by Crippen LogP contribution is -2.36. The van der Waals surface area contributed by atoms with E-state index in [1.54, 1.807) is 6.07 Å². The van der Waals surface area contributed by atoms with E-state index in [1.807, 2.05) is 6.92 Å². The van der Waals surface area contributed by atoms with Crippen LogP contribution >= 0.6 is 15.9 Å². The molecule has 0 saturated heterocycles. The van der Waals surface area contributed by atoms with Gasteiger partial charge in [0.15, 0.2) is 0 Å². The summed E-state index contributed by atoms with van der Waals surface area (Å²) in [5.74, 6) is -0.378. The van der Waals surface area contributed by atoms with Crippen LogP contribution in [0, 0.1) is 12.7 Å². The van der Waals surface area contributed by atoms with E-state index in [1.165, 1.54) is 6.07 Å². The van der Waals surface area contributed by atoms with E-state index in [0.29, 0.717) is 10.2 Å². The maximum atomic E-state index is 13.4. The molecule has 2 amide bonds. The number of halogens is 2. The summed E-state index contributed by atoms with van der Waals surface area (Å²) < 4.78 is 13.8. The Hall–Kier alpha value is -1.10. The summed E-state index contributed by atoms with van der Waals surface area (Å²) >= 11 is 3.11. The smallest absolute Gasteiger partial charge is 0.319 e. The molecule has 98 valence electrons. The summed E-state index contributed by atoms with van der Waals surface area (Å²) in [6.07, 6.45) is 4.38. The highest BCUT2D eigenvalue weighted by molar-refractivity contribution is 9.10. The molecule has 0 heterocycles. The molecule has 1 fully saturated rings. The van der Waals surface area contributed by atoms with E-state index in [-0.39, 0.29) is 17.9 Å². The summed E-state index contributed by atoms with van der Waals surface area (Å²) in [7, 11) is 0. The number of amides is 2. The lowest BCUT2D eigenvalue weighted by atomic mass is 10.2. The minimum atomic E-state index is -0.378. The molecule has 1 aliphatic carbocycles. The van der Waals surface area contributed by atoms with Gasteiger partial charge in [-0.1, -0.05) is 12.8 Å². The van der Waals surface area contributed by atoms with Crippen LogP contribution in [0.5, 0.6) is 0 Å². The monoisotopic (exact) mass is 314 g/mol. The van der Waals surface area contributed by atoms with Gasteiger partial charge in [-0.3, -0.25) is 0 Å². The first-order valence-electron chi connectivity index (χ1n) is 6.09.